The third kappa shape index (κ3) is 2.28. The predicted octanol–water partition coefficient (Wildman–Crippen LogP) is 2.59. The van der Waals surface area contributed by atoms with Gasteiger partial charge in [-0.15, -0.1) is 0 Å². The molecule has 0 saturated heterocycles. The van der Waals surface area contributed by atoms with Crippen molar-refractivity contribution in [3.63, 3.8) is 0 Å². The Hall–Kier alpha value is -2.85. The van der Waals surface area contributed by atoms with E-state index in [9.17, 15) is 0 Å². The van der Waals surface area contributed by atoms with Crippen LogP contribution in [-0.2, 0) is 0 Å². The quantitative estimate of drug-likeness (QED) is 0.801. The molecule has 0 N–H and O–H groups in total. The summed E-state index contributed by atoms with van der Waals surface area (Å²) in [5.74, 6) is 0.693. The van der Waals surface area contributed by atoms with Gasteiger partial charge in [-0.1, -0.05) is 0 Å². The van der Waals surface area contributed by atoms with Gasteiger partial charge in [0.25, 0.3) is 0 Å². The molecule has 0 aliphatic heterocycles. The Balaban J connectivity index is 2.32. The van der Waals surface area contributed by atoms with Crippen LogP contribution in [0.2, 0.25) is 0 Å². The van der Waals surface area contributed by atoms with Crippen LogP contribution in [0, 0.1) is 22.7 Å². The van der Waals surface area contributed by atoms with Gasteiger partial charge in [0, 0.05) is 18.9 Å². The Morgan fingerprint density at radius 3 is 2.28 bits per heavy atom. The Labute approximate surface area is 105 Å². The number of aromatic nitrogens is 1. The number of pyridine rings is 1. The number of benzene rings is 1. The molecule has 4 nitrogen and oxygen atoms in total. The summed E-state index contributed by atoms with van der Waals surface area (Å²) in [6, 6.07) is 14.7. The molecule has 1 aromatic carbocycles. The molecule has 2 aromatic rings. The largest absolute Gasteiger partial charge is 0.329 e. The maximum atomic E-state index is 8.85. The lowest BCUT2D eigenvalue weighted by Gasteiger charge is -2.18. The molecule has 0 fully saturated rings. The van der Waals surface area contributed by atoms with Crippen molar-refractivity contribution in [1.82, 2.24) is 4.98 Å². The van der Waals surface area contributed by atoms with Crippen LogP contribution >= 0.6 is 0 Å². The van der Waals surface area contributed by atoms with Gasteiger partial charge in [-0.3, -0.25) is 0 Å². The third-order valence-electron chi connectivity index (χ3n) is 2.60. The molecule has 4 heteroatoms. The average Bonchev–Trinajstić information content (AvgIpc) is 2.46. The lowest BCUT2D eigenvalue weighted by Crippen LogP contribution is -2.11. The second-order valence-electron chi connectivity index (χ2n) is 3.73. The first-order chi connectivity index (χ1) is 8.74. The van der Waals surface area contributed by atoms with Crippen LogP contribution in [0.1, 0.15) is 11.1 Å². The highest BCUT2D eigenvalue weighted by atomic mass is 15.2. The smallest absolute Gasteiger partial charge is 0.133 e. The van der Waals surface area contributed by atoms with Crippen molar-refractivity contribution in [3.05, 3.63) is 53.7 Å². The second kappa shape index (κ2) is 4.99. The molecule has 0 saturated carbocycles. The summed E-state index contributed by atoms with van der Waals surface area (Å²) >= 11 is 0. The molecule has 0 amide bonds. The van der Waals surface area contributed by atoms with Gasteiger partial charge < -0.3 is 4.90 Å². The minimum absolute atomic E-state index is 0.570. The van der Waals surface area contributed by atoms with E-state index in [0.717, 1.165) is 5.69 Å². The lowest BCUT2D eigenvalue weighted by atomic mass is 10.2. The van der Waals surface area contributed by atoms with E-state index < -0.39 is 0 Å². The summed E-state index contributed by atoms with van der Waals surface area (Å²) in [6.07, 6.45) is 1.61. The molecule has 0 aliphatic rings. The summed E-state index contributed by atoms with van der Waals surface area (Å²) in [4.78, 5) is 6.08. The fourth-order valence-corrected chi connectivity index (χ4v) is 1.56. The van der Waals surface area contributed by atoms with Gasteiger partial charge in [-0.25, -0.2) is 4.98 Å². The second-order valence-corrected chi connectivity index (χ2v) is 3.73. The number of hydrogen-bond donors (Lipinski definition) is 0. The topological polar surface area (TPSA) is 63.7 Å². The maximum Gasteiger partial charge on any atom is 0.133 e. The van der Waals surface area contributed by atoms with E-state index in [1.807, 2.05) is 24.1 Å². The molecule has 0 bridgehead atoms. The molecule has 0 unspecified atom stereocenters. The summed E-state index contributed by atoms with van der Waals surface area (Å²) in [6.45, 7) is 0. The number of anilines is 2. The average molecular weight is 234 g/mol. The van der Waals surface area contributed by atoms with Gasteiger partial charge in [0.05, 0.1) is 23.3 Å². The molecular weight excluding hydrogens is 224 g/mol. The molecule has 2 rings (SSSR count). The van der Waals surface area contributed by atoms with E-state index in [1.54, 1.807) is 30.5 Å². The van der Waals surface area contributed by atoms with Crippen LogP contribution in [0.25, 0.3) is 0 Å². The van der Waals surface area contributed by atoms with E-state index in [1.165, 1.54) is 0 Å². The monoisotopic (exact) mass is 234 g/mol. The molecule has 0 spiro atoms. The zero-order valence-corrected chi connectivity index (χ0v) is 9.83. The Morgan fingerprint density at radius 2 is 1.67 bits per heavy atom. The van der Waals surface area contributed by atoms with Gasteiger partial charge in [-0.05, 0) is 36.4 Å². The molecule has 0 aliphatic carbocycles. The van der Waals surface area contributed by atoms with Crippen molar-refractivity contribution < 1.29 is 0 Å². The van der Waals surface area contributed by atoms with Gasteiger partial charge in [0.1, 0.15) is 5.82 Å². The van der Waals surface area contributed by atoms with Crippen molar-refractivity contribution >= 4 is 11.5 Å². The molecule has 86 valence electrons. The Morgan fingerprint density at radius 1 is 1.00 bits per heavy atom. The van der Waals surface area contributed by atoms with Crippen LogP contribution in [-0.4, -0.2) is 12.0 Å². The van der Waals surface area contributed by atoms with Crippen molar-refractivity contribution in [2.24, 2.45) is 0 Å². The lowest BCUT2D eigenvalue weighted by molar-refractivity contribution is 1.12. The van der Waals surface area contributed by atoms with Gasteiger partial charge in [-0.2, -0.15) is 10.5 Å². The van der Waals surface area contributed by atoms with Crippen LogP contribution < -0.4 is 4.90 Å². The molecule has 1 heterocycles. The minimum Gasteiger partial charge on any atom is -0.329 e. The molecular formula is C14H10N4. The Kier molecular flexibility index (Phi) is 3.22. The van der Waals surface area contributed by atoms with Gasteiger partial charge in [0.2, 0.25) is 0 Å². The minimum atomic E-state index is 0.570. The van der Waals surface area contributed by atoms with E-state index in [2.05, 4.69) is 17.1 Å². The normalized spacial score (nSPS) is 9.28. The Bertz CT molecular complexity index is 632. The summed E-state index contributed by atoms with van der Waals surface area (Å²) in [7, 11) is 1.87. The number of hydrogen-bond acceptors (Lipinski definition) is 4. The molecule has 0 radical (unpaired) electrons. The standard InChI is InChI=1S/C14H10N4/c1-18(13-4-2-11(9-15)3-5-13)14-8-12(10-16)6-7-17-14/h2-8H,1H3. The first-order valence-corrected chi connectivity index (χ1v) is 5.34. The third-order valence-corrected chi connectivity index (χ3v) is 2.60. The number of nitriles is 2. The zero-order valence-electron chi connectivity index (χ0n) is 9.83. The summed E-state index contributed by atoms with van der Waals surface area (Å²) in [5.41, 5.74) is 2.10. The van der Waals surface area contributed by atoms with Crippen LogP contribution in [0.15, 0.2) is 42.6 Å². The first kappa shape index (κ1) is 11.6. The highest BCUT2D eigenvalue weighted by molar-refractivity contribution is 5.61. The fraction of sp³-hybridized carbons (Fsp3) is 0.0714. The number of rotatable bonds is 2. The highest BCUT2D eigenvalue weighted by Gasteiger charge is 2.05. The first-order valence-electron chi connectivity index (χ1n) is 5.34. The maximum absolute atomic E-state index is 8.85. The van der Waals surface area contributed by atoms with Crippen LogP contribution in [0.3, 0.4) is 0 Å². The highest BCUT2D eigenvalue weighted by Crippen LogP contribution is 2.22. The summed E-state index contributed by atoms with van der Waals surface area (Å²) in [5, 5.41) is 17.6. The fourth-order valence-electron chi connectivity index (χ4n) is 1.56. The molecule has 0 atom stereocenters. The van der Waals surface area contributed by atoms with E-state index in [-0.39, 0.29) is 0 Å². The van der Waals surface area contributed by atoms with E-state index in [4.69, 9.17) is 10.5 Å². The van der Waals surface area contributed by atoms with Crippen molar-refractivity contribution in [2.45, 2.75) is 0 Å². The van der Waals surface area contributed by atoms with Gasteiger partial charge >= 0.3 is 0 Å². The van der Waals surface area contributed by atoms with Gasteiger partial charge in [0.15, 0.2) is 0 Å². The summed E-state index contributed by atoms with van der Waals surface area (Å²) < 4.78 is 0. The van der Waals surface area contributed by atoms with Crippen LogP contribution in [0.4, 0.5) is 11.5 Å². The van der Waals surface area contributed by atoms with Crippen LogP contribution in [0.5, 0.6) is 0 Å². The van der Waals surface area contributed by atoms with Crippen molar-refractivity contribution in [1.29, 1.82) is 10.5 Å². The zero-order chi connectivity index (χ0) is 13.0. The molecule has 1 aromatic heterocycles. The predicted molar refractivity (Wildman–Crippen MR) is 68.2 cm³/mol. The number of nitrogens with zero attached hydrogens (tertiary/aromatic N) is 4. The van der Waals surface area contributed by atoms with Crippen molar-refractivity contribution in [3.8, 4) is 12.1 Å². The van der Waals surface area contributed by atoms with Crippen molar-refractivity contribution in [2.75, 3.05) is 11.9 Å². The van der Waals surface area contributed by atoms with E-state index >= 15 is 0 Å². The molecule has 18 heavy (non-hydrogen) atoms. The SMILES string of the molecule is CN(c1ccc(C#N)cc1)c1cc(C#N)ccn1. The van der Waals surface area contributed by atoms with E-state index in [0.29, 0.717) is 16.9 Å².